The molecule has 1 N–H and O–H groups in total. The molecule has 0 saturated carbocycles. The van der Waals surface area contributed by atoms with Gasteiger partial charge in [-0.25, -0.2) is 0 Å². The fraction of sp³-hybridized carbons (Fsp3) is 0.571. The largest absolute Gasteiger partial charge is 0.379 e. The van der Waals surface area contributed by atoms with Gasteiger partial charge in [0.2, 0.25) is 0 Å². The lowest BCUT2D eigenvalue weighted by Crippen LogP contribution is -2.42. The van der Waals surface area contributed by atoms with Gasteiger partial charge in [-0.05, 0) is 24.1 Å². The van der Waals surface area contributed by atoms with E-state index in [0.29, 0.717) is 18.0 Å². The first-order valence-electron chi connectivity index (χ1n) is 6.24. The first-order valence-corrected chi connectivity index (χ1v) is 6.62. The van der Waals surface area contributed by atoms with E-state index in [9.17, 15) is 0 Å². The van der Waals surface area contributed by atoms with Gasteiger partial charge in [-0.3, -0.25) is 0 Å². The molecule has 2 nitrogen and oxygen atoms in total. The molecular formula is C14H20ClNO. The second-order valence-corrected chi connectivity index (χ2v) is 5.48. The van der Waals surface area contributed by atoms with Crippen LogP contribution in [0, 0.1) is 0 Å². The molecule has 2 rings (SSSR count). The molecule has 0 bridgehead atoms. The Morgan fingerprint density at radius 3 is 2.59 bits per heavy atom. The average molecular weight is 254 g/mol. The molecule has 0 radical (unpaired) electrons. The molecule has 2 unspecified atom stereocenters. The average Bonchev–Trinajstić information content (AvgIpc) is 2.29. The van der Waals surface area contributed by atoms with Crippen LogP contribution in [0.4, 0.5) is 0 Å². The highest BCUT2D eigenvalue weighted by molar-refractivity contribution is 6.30. The van der Waals surface area contributed by atoms with Crippen molar-refractivity contribution in [1.29, 1.82) is 0 Å². The molecular weight excluding hydrogens is 234 g/mol. The number of nitrogens with one attached hydrogen (secondary N) is 1. The molecule has 1 aliphatic rings. The zero-order valence-electron chi connectivity index (χ0n) is 10.4. The van der Waals surface area contributed by atoms with Crippen LogP contribution in [0.1, 0.15) is 31.7 Å². The number of halogens is 1. The molecule has 1 saturated heterocycles. The zero-order valence-corrected chi connectivity index (χ0v) is 11.2. The van der Waals surface area contributed by atoms with Crippen molar-refractivity contribution in [1.82, 2.24) is 5.32 Å². The summed E-state index contributed by atoms with van der Waals surface area (Å²) < 4.78 is 5.68. The summed E-state index contributed by atoms with van der Waals surface area (Å²) in [5.41, 5.74) is 1.32. The van der Waals surface area contributed by atoms with Gasteiger partial charge in [-0.15, -0.1) is 0 Å². The van der Waals surface area contributed by atoms with Gasteiger partial charge in [-0.1, -0.05) is 37.6 Å². The first kappa shape index (κ1) is 12.9. The van der Waals surface area contributed by atoms with Gasteiger partial charge in [0.1, 0.15) is 0 Å². The Morgan fingerprint density at radius 2 is 1.94 bits per heavy atom. The SMILES string of the molecule is CC(C)NC1COCC(c2ccc(Cl)cc2)C1. The van der Waals surface area contributed by atoms with Crippen LogP contribution in [-0.4, -0.2) is 25.3 Å². The molecule has 0 aliphatic carbocycles. The van der Waals surface area contributed by atoms with E-state index in [1.165, 1.54) is 5.56 Å². The number of hydrogen-bond acceptors (Lipinski definition) is 2. The minimum Gasteiger partial charge on any atom is -0.379 e. The maximum atomic E-state index is 5.90. The summed E-state index contributed by atoms with van der Waals surface area (Å²) in [6, 6.07) is 9.09. The van der Waals surface area contributed by atoms with Gasteiger partial charge in [0.15, 0.2) is 0 Å². The monoisotopic (exact) mass is 253 g/mol. The van der Waals surface area contributed by atoms with Gasteiger partial charge in [-0.2, -0.15) is 0 Å². The summed E-state index contributed by atoms with van der Waals surface area (Å²) in [4.78, 5) is 0. The summed E-state index contributed by atoms with van der Waals surface area (Å²) in [6.07, 6.45) is 1.14. The molecule has 1 heterocycles. The molecule has 1 fully saturated rings. The highest BCUT2D eigenvalue weighted by Gasteiger charge is 2.23. The van der Waals surface area contributed by atoms with Crippen LogP contribution in [0.25, 0.3) is 0 Å². The van der Waals surface area contributed by atoms with E-state index >= 15 is 0 Å². The predicted molar refractivity (Wildman–Crippen MR) is 71.7 cm³/mol. The third-order valence-electron chi connectivity index (χ3n) is 3.12. The highest BCUT2D eigenvalue weighted by atomic mass is 35.5. The molecule has 94 valence electrons. The Morgan fingerprint density at radius 1 is 1.24 bits per heavy atom. The molecule has 0 aromatic heterocycles. The van der Waals surface area contributed by atoms with E-state index in [4.69, 9.17) is 16.3 Å². The van der Waals surface area contributed by atoms with E-state index in [-0.39, 0.29) is 0 Å². The fourth-order valence-corrected chi connectivity index (χ4v) is 2.51. The Labute approximate surface area is 108 Å². The lowest BCUT2D eigenvalue weighted by molar-refractivity contribution is 0.0524. The van der Waals surface area contributed by atoms with Crippen molar-refractivity contribution >= 4 is 11.6 Å². The third-order valence-corrected chi connectivity index (χ3v) is 3.37. The lowest BCUT2D eigenvalue weighted by atomic mass is 9.91. The molecule has 1 aromatic rings. The van der Waals surface area contributed by atoms with E-state index in [1.54, 1.807) is 0 Å². The zero-order chi connectivity index (χ0) is 12.3. The Bertz CT molecular complexity index is 350. The van der Waals surface area contributed by atoms with Crippen LogP contribution in [0.15, 0.2) is 24.3 Å². The number of rotatable bonds is 3. The number of hydrogen-bond donors (Lipinski definition) is 1. The molecule has 0 amide bonds. The molecule has 1 aromatic carbocycles. The van der Waals surface area contributed by atoms with E-state index in [1.807, 2.05) is 12.1 Å². The second-order valence-electron chi connectivity index (χ2n) is 5.04. The smallest absolute Gasteiger partial charge is 0.0620 e. The first-order chi connectivity index (χ1) is 8.15. The van der Waals surface area contributed by atoms with Gasteiger partial charge >= 0.3 is 0 Å². The van der Waals surface area contributed by atoms with Crippen molar-refractivity contribution < 1.29 is 4.74 Å². The topological polar surface area (TPSA) is 21.3 Å². The molecule has 17 heavy (non-hydrogen) atoms. The van der Waals surface area contributed by atoms with Crippen LogP contribution >= 0.6 is 11.6 Å². The standard InChI is InChI=1S/C14H20ClNO/c1-10(2)16-14-7-12(8-17-9-14)11-3-5-13(15)6-4-11/h3-6,10,12,14,16H,7-9H2,1-2H3. The van der Waals surface area contributed by atoms with Crippen molar-refractivity contribution in [3.63, 3.8) is 0 Å². The van der Waals surface area contributed by atoms with E-state index in [0.717, 1.165) is 24.7 Å². The van der Waals surface area contributed by atoms with Gasteiger partial charge in [0, 0.05) is 23.0 Å². The highest BCUT2D eigenvalue weighted by Crippen LogP contribution is 2.26. The molecule has 0 spiro atoms. The minimum atomic E-state index is 0.462. The van der Waals surface area contributed by atoms with Gasteiger partial charge in [0.25, 0.3) is 0 Å². The van der Waals surface area contributed by atoms with Crippen molar-refractivity contribution in [2.45, 2.75) is 38.3 Å². The van der Waals surface area contributed by atoms with Crippen molar-refractivity contribution in [2.75, 3.05) is 13.2 Å². The maximum absolute atomic E-state index is 5.90. The van der Waals surface area contributed by atoms with E-state index < -0.39 is 0 Å². The van der Waals surface area contributed by atoms with Gasteiger partial charge < -0.3 is 10.1 Å². The maximum Gasteiger partial charge on any atom is 0.0620 e. The van der Waals surface area contributed by atoms with Crippen LogP contribution in [-0.2, 0) is 4.74 Å². The van der Waals surface area contributed by atoms with Gasteiger partial charge in [0.05, 0.1) is 13.2 Å². The molecule has 3 heteroatoms. The lowest BCUT2D eigenvalue weighted by Gasteiger charge is -2.31. The molecule has 1 aliphatic heterocycles. The Hall–Kier alpha value is -0.570. The minimum absolute atomic E-state index is 0.462. The van der Waals surface area contributed by atoms with Crippen LogP contribution < -0.4 is 5.32 Å². The normalized spacial score (nSPS) is 25.2. The van der Waals surface area contributed by atoms with E-state index in [2.05, 4.69) is 31.3 Å². The van der Waals surface area contributed by atoms with Crippen LogP contribution in [0.5, 0.6) is 0 Å². The van der Waals surface area contributed by atoms with Crippen LogP contribution in [0.2, 0.25) is 5.02 Å². The second kappa shape index (κ2) is 5.85. The summed E-state index contributed by atoms with van der Waals surface area (Å²) in [5.74, 6) is 0.484. The fourth-order valence-electron chi connectivity index (χ4n) is 2.39. The summed E-state index contributed by atoms with van der Waals surface area (Å²) in [7, 11) is 0. The summed E-state index contributed by atoms with van der Waals surface area (Å²) in [5, 5.41) is 4.34. The number of ether oxygens (including phenoxy) is 1. The van der Waals surface area contributed by atoms with Crippen molar-refractivity contribution in [2.24, 2.45) is 0 Å². The third kappa shape index (κ3) is 3.70. The summed E-state index contributed by atoms with van der Waals surface area (Å²) in [6.45, 7) is 5.98. The number of benzene rings is 1. The van der Waals surface area contributed by atoms with Crippen molar-refractivity contribution in [3.8, 4) is 0 Å². The predicted octanol–water partition coefficient (Wildman–Crippen LogP) is 3.21. The Kier molecular flexibility index (Phi) is 4.43. The Balaban J connectivity index is 1.99. The summed E-state index contributed by atoms with van der Waals surface area (Å²) >= 11 is 5.90. The quantitative estimate of drug-likeness (QED) is 0.893. The van der Waals surface area contributed by atoms with Crippen LogP contribution in [0.3, 0.4) is 0 Å². The van der Waals surface area contributed by atoms with Crippen molar-refractivity contribution in [3.05, 3.63) is 34.9 Å². The molecule has 2 atom stereocenters.